The standard InChI is InChI=1S/C17H22N2O2/c1-11-5-4-6-12(2)14(11)10-19-15(20)9-18-16(21)17(19,3)13-7-8-13/h4-6,13H,7-10H2,1-3H3,(H,18,21). The summed E-state index contributed by atoms with van der Waals surface area (Å²) in [7, 11) is 0. The lowest BCUT2D eigenvalue weighted by atomic mass is 9.88. The van der Waals surface area contributed by atoms with Crippen LogP contribution >= 0.6 is 0 Å². The first-order valence-corrected chi connectivity index (χ1v) is 7.58. The fourth-order valence-corrected chi connectivity index (χ4v) is 3.37. The van der Waals surface area contributed by atoms with Crippen molar-refractivity contribution >= 4 is 11.8 Å². The molecule has 3 rings (SSSR count). The third-order valence-electron chi connectivity index (χ3n) is 5.05. The molecular weight excluding hydrogens is 264 g/mol. The van der Waals surface area contributed by atoms with E-state index in [1.54, 1.807) is 4.90 Å². The highest BCUT2D eigenvalue weighted by Gasteiger charge is 2.54. The van der Waals surface area contributed by atoms with E-state index in [0.29, 0.717) is 12.5 Å². The van der Waals surface area contributed by atoms with Crippen molar-refractivity contribution in [3.05, 3.63) is 34.9 Å². The van der Waals surface area contributed by atoms with E-state index in [9.17, 15) is 9.59 Å². The van der Waals surface area contributed by atoms with Gasteiger partial charge in [-0.3, -0.25) is 9.59 Å². The van der Waals surface area contributed by atoms with Gasteiger partial charge in [0.2, 0.25) is 11.8 Å². The molecule has 0 spiro atoms. The largest absolute Gasteiger partial charge is 0.345 e. The van der Waals surface area contributed by atoms with Crippen LogP contribution in [-0.4, -0.2) is 28.8 Å². The van der Waals surface area contributed by atoms with E-state index in [1.807, 2.05) is 13.0 Å². The summed E-state index contributed by atoms with van der Waals surface area (Å²) in [5.74, 6) is 0.313. The van der Waals surface area contributed by atoms with Gasteiger partial charge < -0.3 is 10.2 Å². The number of carbonyl (C=O) groups is 2. The molecular formula is C17H22N2O2. The van der Waals surface area contributed by atoms with Crippen molar-refractivity contribution < 1.29 is 9.59 Å². The minimum absolute atomic E-state index is 0.00385. The van der Waals surface area contributed by atoms with Gasteiger partial charge in [-0.1, -0.05) is 18.2 Å². The first-order chi connectivity index (χ1) is 9.94. The van der Waals surface area contributed by atoms with Gasteiger partial charge in [-0.15, -0.1) is 0 Å². The van der Waals surface area contributed by atoms with Crippen LogP contribution in [0.5, 0.6) is 0 Å². The molecule has 112 valence electrons. The van der Waals surface area contributed by atoms with E-state index in [1.165, 1.54) is 11.1 Å². The average Bonchev–Trinajstić information content (AvgIpc) is 3.27. The molecule has 1 atom stereocenters. The van der Waals surface area contributed by atoms with Crippen molar-refractivity contribution in [2.75, 3.05) is 6.54 Å². The van der Waals surface area contributed by atoms with E-state index >= 15 is 0 Å². The van der Waals surface area contributed by atoms with E-state index in [4.69, 9.17) is 0 Å². The third-order valence-corrected chi connectivity index (χ3v) is 5.05. The number of hydrogen-bond donors (Lipinski definition) is 1. The van der Waals surface area contributed by atoms with Crippen molar-refractivity contribution in [1.29, 1.82) is 0 Å². The number of amides is 2. The molecule has 2 aliphatic rings. The summed E-state index contributed by atoms with van der Waals surface area (Å²) in [6, 6.07) is 6.15. The summed E-state index contributed by atoms with van der Waals surface area (Å²) in [5.41, 5.74) is 2.82. The Morgan fingerprint density at radius 3 is 2.43 bits per heavy atom. The second-order valence-corrected chi connectivity index (χ2v) is 6.45. The Bertz CT molecular complexity index is 587. The normalized spacial score (nSPS) is 26.0. The Labute approximate surface area is 125 Å². The van der Waals surface area contributed by atoms with Crippen LogP contribution in [0.1, 0.15) is 36.5 Å². The Kier molecular flexibility index (Phi) is 3.27. The van der Waals surface area contributed by atoms with Gasteiger partial charge in [-0.25, -0.2) is 0 Å². The van der Waals surface area contributed by atoms with Gasteiger partial charge >= 0.3 is 0 Å². The van der Waals surface area contributed by atoms with Crippen LogP contribution in [0.3, 0.4) is 0 Å². The minimum atomic E-state index is -0.690. The maximum absolute atomic E-state index is 12.4. The average molecular weight is 286 g/mol. The third kappa shape index (κ3) is 2.23. The maximum Gasteiger partial charge on any atom is 0.246 e. The summed E-state index contributed by atoms with van der Waals surface area (Å²) in [5, 5.41) is 2.76. The number of nitrogens with zero attached hydrogens (tertiary/aromatic N) is 1. The molecule has 1 heterocycles. The molecule has 4 heteroatoms. The predicted molar refractivity (Wildman–Crippen MR) is 80.6 cm³/mol. The summed E-state index contributed by atoms with van der Waals surface area (Å²) in [6.45, 7) is 6.69. The molecule has 1 aliphatic carbocycles. The lowest BCUT2D eigenvalue weighted by molar-refractivity contribution is -0.155. The number of nitrogens with one attached hydrogen (secondary N) is 1. The van der Waals surface area contributed by atoms with Crippen LogP contribution < -0.4 is 5.32 Å². The molecule has 1 saturated heterocycles. The maximum atomic E-state index is 12.4. The molecule has 0 bridgehead atoms. The summed E-state index contributed by atoms with van der Waals surface area (Å²) < 4.78 is 0. The summed E-state index contributed by atoms with van der Waals surface area (Å²) in [6.07, 6.45) is 2.06. The number of benzene rings is 1. The minimum Gasteiger partial charge on any atom is -0.345 e. The molecule has 1 aromatic rings. The fourth-order valence-electron chi connectivity index (χ4n) is 3.37. The highest BCUT2D eigenvalue weighted by atomic mass is 16.2. The summed E-state index contributed by atoms with van der Waals surface area (Å²) >= 11 is 0. The number of rotatable bonds is 3. The molecule has 0 radical (unpaired) electrons. The lowest BCUT2D eigenvalue weighted by Crippen LogP contribution is -2.66. The Morgan fingerprint density at radius 1 is 1.24 bits per heavy atom. The zero-order valence-electron chi connectivity index (χ0n) is 12.9. The monoisotopic (exact) mass is 286 g/mol. The van der Waals surface area contributed by atoms with Crippen LogP contribution in [0.15, 0.2) is 18.2 Å². The Hall–Kier alpha value is -1.84. The highest BCUT2D eigenvalue weighted by molar-refractivity contribution is 5.98. The Balaban J connectivity index is 1.97. The van der Waals surface area contributed by atoms with Crippen LogP contribution in [0, 0.1) is 19.8 Å². The van der Waals surface area contributed by atoms with E-state index < -0.39 is 5.54 Å². The molecule has 1 N–H and O–H groups in total. The first kappa shape index (κ1) is 14.1. The van der Waals surface area contributed by atoms with Crippen LogP contribution in [0.2, 0.25) is 0 Å². The number of hydrogen-bond acceptors (Lipinski definition) is 2. The van der Waals surface area contributed by atoms with Crippen LogP contribution in [0.25, 0.3) is 0 Å². The van der Waals surface area contributed by atoms with Gasteiger partial charge in [0.15, 0.2) is 0 Å². The second kappa shape index (κ2) is 4.86. The van der Waals surface area contributed by atoms with Crippen molar-refractivity contribution in [1.82, 2.24) is 10.2 Å². The Morgan fingerprint density at radius 2 is 1.86 bits per heavy atom. The van der Waals surface area contributed by atoms with Gasteiger partial charge in [0.05, 0.1) is 6.54 Å². The van der Waals surface area contributed by atoms with E-state index in [2.05, 4.69) is 31.3 Å². The summed E-state index contributed by atoms with van der Waals surface area (Å²) in [4.78, 5) is 26.6. The smallest absolute Gasteiger partial charge is 0.246 e. The van der Waals surface area contributed by atoms with Crippen molar-refractivity contribution in [3.63, 3.8) is 0 Å². The van der Waals surface area contributed by atoms with Crippen molar-refractivity contribution in [2.24, 2.45) is 5.92 Å². The lowest BCUT2D eigenvalue weighted by Gasteiger charge is -2.44. The molecule has 2 fully saturated rings. The molecule has 4 nitrogen and oxygen atoms in total. The predicted octanol–water partition coefficient (Wildman–Crippen LogP) is 1.93. The highest BCUT2D eigenvalue weighted by Crippen LogP contribution is 2.45. The van der Waals surface area contributed by atoms with Gasteiger partial charge in [0.25, 0.3) is 0 Å². The second-order valence-electron chi connectivity index (χ2n) is 6.45. The van der Waals surface area contributed by atoms with Crippen molar-refractivity contribution in [2.45, 2.75) is 45.7 Å². The quantitative estimate of drug-likeness (QED) is 0.923. The van der Waals surface area contributed by atoms with Crippen molar-refractivity contribution in [3.8, 4) is 0 Å². The number of piperazine rings is 1. The molecule has 21 heavy (non-hydrogen) atoms. The van der Waals surface area contributed by atoms with Gasteiger partial charge in [-0.05, 0) is 56.2 Å². The van der Waals surface area contributed by atoms with Crippen LogP contribution in [-0.2, 0) is 16.1 Å². The molecule has 1 aromatic carbocycles. The zero-order valence-corrected chi connectivity index (χ0v) is 12.9. The topological polar surface area (TPSA) is 49.4 Å². The van der Waals surface area contributed by atoms with Gasteiger partial charge in [-0.2, -0.15) is 0 Å². The zero-order chi connectivity index (χ0) is 15.2. The fraction of sp³-hybridized carbons (Fsp3) is 0.529. The number of carbonyl (C=O) groups excluding carboxylic acids is 2. The molecule has 1 aliphatic heterocycles. The first-order valence-electron chi connectivity index (χ1n) is 7.58. The van der Waals surface area contributed by atoms with E-state index in [0.717, 1.165) is 18.4 Å². The van der Waals surface area contributed by atoms with Crippen LogP contribution in [0.4, 0.5) is 0 Å². The van der Waals surface area contributed by atoms with E-state index in [-0.39, 0.29) is 18.4 Å². The SMILES string of the molecule is Cc1cccc(C)c1CN1C(=O)CNC(=O)C1(C)C1CC1. The molecule has 2 amide bonds. The van der Waals surface area contributed by atoms with Gasteiger partial charge in [0, 0.05) is 6.54 Å². The molecule has 0 aromatic heterocycles. The molecule has 1 saturated carbocycles. The number of aryl methyl sites for hydroxylation is 2. The molecule has 1 unspecified atom stereocenters. The van der Waals surface area contributed by atoms with Gasteiger partial charge in [0.1, 0.15) is 5.54 Å².